The number of hydroxylamine groups is 1. The van der Waals surface area contributed by atoms with Crippen LogP contribution in [0.4, 0.5) is 8.78 Å². The molecule has 0 aromatic rings. The summed E-state index contributed by atoms with van der Waals surface area (Å²) in [5, 5.41) is 9.07. The largest absolute Gasteiger partial charge is 0.461 e. The number of hydrogen-bond acceptors (Lipinski definition) is 4. The maximum atomic E-state index is 13.6. The van der Waals surface area contributed by atoms with Gasteiger partial charge in [-0.1, -0.05) is 6.92 Å². The van der Waals surface area contributed by atoms with Crippen molar-refractivity contribution in [3.8, 4) is 0 Å². The standard InChI is InChI=1S/C10H15F2NO3/c1-5-3-7-6(2)16-8(14)9(7,13-15)4-10(5,11)12/h5-7,13,15H,3-4H2,1-2H3. The Hall–Kier alpha value is -0.750. The predicted octanol–water partition coefficient (Wildman–Crippen LogP) is 1.33. The molecule has 0 aromatic heterocycles. The van der Waals surface area contributed by atoms with Gasteiger partial charge in [-0.2, -0.15) is 5.48 Å². The highest BCUT2D eigenvalue weighted by atomic mass is 19.3. The second-order valence-electron chi connectivity index (χ2n) is 4.87. The van der Waals surface area contributed by atoms with Crippen molar-refractivity contribution in [1.82, 2.24) is 5.48 Å². The van der Waals surface area contributed by atoms with Gasteiger partial charge in [0, 0.05) is 18.3 Å². The van der Waals surface area contributed by atoms with Crippen molar-refractivity contribution in [1.29, 1.82) is 0 Å². The maximum absolute atomic E-state index is 13.6. The fourth-order valence-electron chi connectivity index (χ4n) is 2.77. The Balaban J connectivity index is 2.37. The van der Waals surface area contributed by atoms with Crippen LogP contribution in [0.25, 0.3) is 0 Å². The molecule has 2 rings (SSSR count). The number of nitrogens with one attached hydrogen (secondary N) is 1. The number of alkyl halides is 2. The molecule has 1 saturated carbocycles. The molecular weight excluding hydrogens is 220 g/mol. The first kappa shape index (κ1) is 11.7. The van der Waals surface area contributed by atoms with Crippen LogP contribution < -0.4 is 5.48 Å². The van der Waals surface area contributed by atoms with Gasteiger partial charge in [0.2, 0.25) is 0 Å². The minimum Gasteiger partial charge on any atom is -0.461 e. The monoisotopic (exact) mass is 235 g/mol. The first-order valence-electron chi connectivity index (χ1n) is 5.33. The van der Waals surface area contributed by atoms with E-state index >= 15 is 0 Å². The minimum absolute atomic E-state index is 0.160. The molecule has 2 aliphatic rings. The average molecular weight is 235 g/mol. The molecule has 4 atom stereocenters. The zero-order valence-electron chi connectivity index (χ0n) is 9.17. The van der Waals surface area contributed by atoms with E-state index in [9.17, 15) is 13.6 Å². The Morgan fingerprint density at radius 2 is 2.12 bits per heavy atom. The van der Waals surface area contributed by atoms with Gasteiger partial charge in [-0.3, -0.25) is 0 Å². The highest BCUT2D eigenvalue weighted by molar-refractivity contribution is 5.84. The third kappa shape index (κ3) is 1.36. The van der Waals surface area contributed by atoms with E-state index in [-0.39, 0.29) is 6.42 Å². The molecule has 92 valence electrons. The summed E-state index contributed by atoms with van der Waals surface area (Å²) in [6.45, 7) is 3.12. The van der Waals surface area contributed by atoms with Gasteiger partial charge in [0.05, 0.1) is 0 Å². The lowest BCUT2D eigenvalue weighted by molar-refractivity contribution is -0.165. The second-order valence-corrected chi connectivity index (χ2v) is 4.87. The molecule has 0 radical (unpaired) electrons. The third-order valence-electron chi connectivity index (χ3n) is 3.90. The number of ether oxygens (including phenoxy) is 1. The number of carbonyl (C=O) groups is 1. The van der Waals surface area contributed by atoms with E-state index in [4.69, 9.17) is 9.94 Å². The van der Waals surface area contributed by atoms with Gasteiger partial charge < -0.3 is 9.94 Å². The molecule has 16 heavy (non-hydrogen) atoms. The zero-order chi connectivity index (χ0) is 12.1. The highest BCUT2D eigenvalue weighted by Crippen LogP contribution is 2.51. The summed E-state index contributed by atoms with van der Waals surface area (Å²) in [6.07, 6.45) is -0.982. The van der Waals surface area contributed by atoms with Crippen molar-refractivity contribution in [2.24, 2.45) is 11.8 Å². The van der Waals surface area contributed by atoms with Crippen molar-refractivity contribution in [2.75, 3.05) is 0 Å². The van der Waals surface area contributed by atoms with E-state index in [2.05, 4.69) is 0 Å². The number of fused-ring (bicyclic) bond motifs is 1. The van der Waals surface area contributed by atoms with Crippen LogP contribution >= 0.6 is 0 Å². The molecule has 1 heterocycles. The van der Waals surface area contributed by atoms with Crippen LogP contribution in [0.3, 0.4) is 0 Å². The molecule has 2 fully saturated rings. The van der Waals surface area contributed by atoms with Crippen molar-refractivity contribution in [3.05, 3.63) is 0 Å². The summed E-state index contributed by atoms with van der Waals surface area (Å²) in [7, 11) is 0. The van der Waals surface area contributed by atoms with E-state index in [0.717, 1.165) is 0 Å². The van der Waals surface area contributed by atoms with Crippen LogP contribution in [0.1, 0.15) is 26.7 Å². The number of halogens is 2. The number of esters is 1. The lowest BCUT2D eigenvalue weighted by Gasteiger charge is -2.42. The molecular formula is C10H15F2NO3. The zero-order valence-corrected chi connectivity index (χ0v) is 9.17. The van der Waals surface area contributed by atoms with Gasteiger partial charge in [0.15, 0.2) is 5.54 Å². The minimum atomic E-state index is -2.96. The van der Waals surface area contributed by atoms with Crippen molar-refractivity contribution in [3.63, 3.8) is 0 Å². The molecule has 4 nitrogen and oxygen atoms in total. The van der Waals surface area contributed by atoms with Crippen LogP contribution in [-0.2, 0) is 9.53 Å². The normalized spacial score (nSPS) is 46.3. The van der Waals surface area contributed by atoms with Crippen molar-refractivity contribution in [2.45, 2.75) is 44.3 Å². The smallest absolute Gasteiger partial charge is 0.329 e. The van der Waals surface area contributed by atoms with Gasteiger partial charge in [0.1, 0.15) is 6.10 Å². The first-order chi connectivity index (χ1) is 7.33. The molecule has 4 unspecified atom stereocenters. The molecule has 0 spiro atoms. The molecule has 6 heteroatoms. The Morgan fingerprint density at radius 1 is 1.50 bits per heavy atom. The van der Waals surface area contributed by atoms with Gasteiger partial charge in [-0.15, -0.1) is 0 Å². The van der Waals surface area contributed by atoms with Crippen LogP contribution in [0.2, 0.25) is 0 Å². The van der Waals surface area contributed by atoms with E-state index in [1.165, 1.54) is 6.92 Å². The molecule has 0 bridgehead atoms. The van der Waals surface area contributed by atoms with E-state index in [0.29, 0.717) is 0 Å². The summed E-state index contributed by atoms with van der Waals surface area (Å²) < 4.78 is 32.2. The summed E-state index contributed by atoms with van der Waals surface area (Å²) in [4.78, 5) is 11.6. The quantitative estimate of drug-likeness (QED) is 0.531. The van der Waals surface area contributed by atoms with Crippen LogP contribution in [0, 0.1) is 11.8 Å². The molecule has 0 aromatic carbocycles. The molecule has 1 aliphatic heterocycles. The van der Waals surface area contributed by atoms with E-state index < -0.39 is 41.8 Å². The Morgan fingerprint density at radius 3 is 2.69 bits per heavy atom. The Bertz CT molecular complexity index is 323. The fourth-order valence-corrected chi connectivity index (χ4v) is 2.77. The summed E-state index contributed by atoms with van der Waals surface area (Å²) in [5.74, 6) is -4.95. The predicted molar refractivity (Wildman–Crippen MR) is 50.0 cm³/mol. The van der Waals surface area contributed by atoms with Crippen LogP contribution in [0.15, 0.2) is 0 Å². The Kier molecular flexibility index (Phi) is 2.47. The van der Waals surface area contributed by atoms with Gasteiger partial charge in [-0.05, 0) is 13.3 Å². The maximum Gasteiger partial charge on any atom is 0.329 e. The fraction of sp³-hybridized carbons (Fsp3) is 0.900. The highest BCUT2D eigenvalue weighted by Gasteiger charge is 2.65. The van der Waals surface area contributed by atoms with E-state index in [1.807, 2.05) is 0 Å². The second kappa shape index (κ2) is 3.37. The SMILES string of the molecule is CC1OC(=O)C2(NO)CC(F)(F)C(C)CC12. The molecule has 0 amide bonds. The van der Waals surface area contributed by atoms with E-state index in [1.54, 1.807) is 12.4 Å². The summed E-state index contributed by atoms with van der Waals surface area (Å²) >= 11 is 0. The lowest BCUT2D eigenvalue weighted by Crippen LogP contribution is -2.61. The molecule has 1 aliphatic carbocycles. The van der Waals surface area contributed by atoms with Gasteiger partial charge in [0.25, 0.3) is 5.92 Å². The van der Waals surface area contributed by atoms with Gasteiger partial charge >= 0.3 is 5.97 Å². The summed E-state index contributed by atoms with van der Waals surface area (Å²) in [5.41, 5.74) is 0.152. The molecule has 1 saturated heterocycles. The van der Waals surface area contributed by atoms with Crippen molar-refractivity contribution < 1.29 is 23.5 Å². The Labute approximate surface area is 91.9 Å². The number of cyclic esters (lactones) is 1. The summed E-state index contributed by atoms with van der Waals surface area (Å²) in [6, 6.07) is 0. The van der Waals surface area contributed by atoms with Gasteiger partial charge in [-0.25, -0.2) is 13.6 Å². The third-order valence-corrected chi connectivity index (χ3v) is 3.90. The number of carbonyl (C=O) groups excluding carboxylic acids is 1. The van der Waals surface area contributed by atoms with Crippen molar-refractivity contribution >= 4 is 5.97 Å². The number of rotatable bonds is 1. The van der Waals surface area contributed by atoms with Crippen LogP contribution in [0.5, 0.6) is 0 Å². The molecule has 2 N–H and O–H groups in total. The number of hydrogen-bond donors (Lipinski definition) is 2. The van der Waals surface area contributed by atoms with Crippen LogP contribution in [-0.4, -0.2) is 28.7 Å². The first-order valence-corrected chi connectivity index (χ1v) is 5.33. The lowest BCUT2D eigenvalue weighted by atomic mass is 9.67. The topological polar surface area (TPSA) is 58.6 Å². The average Bonchev–Trinajstić information content (AvgIpc) is 2.41.